The number of hydrogen-bond acceptors (Lipinski definition) is 2. The van der Waals surface area contributed by atoms with Crippen LogP contribution in [0.3, 0.4) is 0 Å². The van der Waals surface area contributed by atoms with E-state index in [-0.39, 0.29) is 0 Å². The van der Waals surface area contributed by atoms with Gasteiger partial charge in [-0.05, 0) is 25.0 Å². The molecule has 0 fully saturated rings. The Balaban J connectivity index is 1.98. The third-order valence-corrected chi connectivity index (χ3v) is 2.86. The molecular formula is C14H15ClN2. The van der Waals surface area contributed by atoms with Gasteiger partial charge >= 0.3 is 0 Å². The summed E-state index contributed by atoms with van der Waals surface area (Å²) in [6.45, 7) is 2.14. The number of nitrogens with zero attached hydrogens (tertiary/aromatic N) is 1. The first-order valence-electron chi connectivity index (χ1n) is 5.65. The Morgan fingerprint density at radius 3 is 2.71 bits per heavy atom. The average molecular weight is 247 g/mol. The number of aromatic nitrogens is 1. The van der Waals surface area contributed by atoms with Gasteiger partial charge in [-0.2, -0.15) is 0 Å². The third-order valence-electron chi connectivity index (χ3n) is 2.56. The summed E-state index contributed by atoms with van der Waals surface area (Å²) in [7, 11) is 0. The van der Waals surface area contributed by atoms with Crippen LogP contribution in [-0.2, 0) is 6.42 Å². The van der Waals surface area contributed by atoms with Crippen LogP contribution in [0.15, 0.2) is 48.8 Å². The topological polar surface area (TPSA) is 24.9 Å². The summed E-state index contributed by atoms with van der Waals surface area (Å²) >= 11 is 6.05. The maximum Gasteiger partial charge on any atom is 0.0820 e. The molecule has 0 amide bonds. The minimum atomic E-state index is 0.331. The van der Waals surface area contributed by atoms with Crippen LogP contribution in [0.4, 0.5) is 5.69 Å². The van der Waals surface area contributed by atoms with Gasteiger partial charge in [-0.25, -0.2) is 0 Å². The van der Waals surface area contributed by atoms with Crippen molar-refractivity contribution >= 4 is 17.3 Å². The number of anilines is 1. The molecule has 2 nitrogen and oxygen atoms in total. The van der Waals surface area contributed by atoms with Crippen molar-refractivity contribution in [2.75, 3.05) is 5.32 Å². The number of hydrogen-bond donors (Lipinski definition) is 1. The number of pyridine rings is 1. The third kappa shape index (κ3) is 3.46. The second-order valence-corrected chi connectivity index (χ2v) is 4.50. The molecule has 2 rings (SSSR count). The summed E-state index contributed by atoms with van der Waals surface area (Å²) < 4.78 is 0. The molecule has 0 aliphatic rings. The zero-order valence-corrected chi connectivity index (χ0v) is 10.5. The van der Waals surface area contributed by atoms with E-state index in [1.54, 1.807) is 12.4 Å². The molecule has 0 aliphatic heterocycles. The molecule has 0 saturated carbocycles. The molecule has 3 heteroatoms. The van der Waals surface area contributed by atoms with E-state index in [0.717, 1.165) is 12.1 Å². The smallest absolute Gasteiger partial charge is 0.0820 e. The summed E-state index contributed by atoms with van der Waals surface area (Å²) in [5, 5.41) is 4.05. The summed E-state index contributed by atoms with van der Waals surface area (Å²) in [6, 6.07) is 12.6. The minimum Gasteiger partial charge on any atom is -0.381 e. The van der Waals surface area contributed by atoms with Gasteiger partial charge < -0.3 is 5.32 Å². The fraction of sp³-hybridized carbons (Fsp3) is 0.214. The molecule has 1 heterocycles. The standard InChI is InChI=1S/C14H15ClN2/c1-11(9-12-5-3-2-4-6-12)17-14-7-8-16-10-13(14)15/h2-8,10-11H,9H2,1H3,(H,16,17). The molecule has 0 aliphatic carbocycles. The van der Waals surface area contributed by atoms with Crippen molar-refractivity contribution in [3.8, 4) is 0 Å². The van der Waals surface area contributed by atoms with Crippen LogP contribution in [0.5, 0.6) is 0 Å². The van der Waals surface area contributed by atoms with Crippen molar-refractivity contribution in [1.29, 1.82) is 0 Å². The lowest BCUT2D eigenvalue weighted by molar-refractivity contribution is 0.790. The van der Waals surface area contributed by atoms with Crippen LogP contribution in [0.25, 0.3) is 0 Å². The summed E-state index contributed by atoms with van der Waals surface area (Å²) in [6.07, 6.45) is 4.36. The average Bonchev–Trinajstić information content (AvgIpc) is 2.33. The van der Waals surface area contributed by atoms with Crippen molar-refractivity contribution in [3.63, 3.8) is 0 Å². The Bertz CT molecular complexity index is 471. The second-order valence-electron chi connectivity index (χ2n) is 4.09. The summed E-state index contributed by atoms with van der Waals surface area (Å²) in [5.74, 6) is 0. The lowest BCUT2D eigenvalue weighted by Gasteiger charge is -2.16. The van der Waals surface area contributed by atoms with Crippen LogP contribution in [0.1, 0.15) is 12.5 Å². The van der Waals surface area contributed by atoms with Crippen LogP contribution >= 0.6 is 11.6 Å². The minimum absolute atomic E-state index is 0.331. The zero-order valence-electron chi connectivity index (χ0n) is 9.73. The van der Waals surface area contributed by atoms with E-state index in [4.69, 9.17) is 11.6 Å². The van der Waals surface area contributed by atoms with E-state index in [1.807, 2.05) is 12.1 Å². The van der Waals surface area contributed by atoms with Crippen molar-refractivity contribution in [3.05, 3.63) is 59.4 Å². The van der Waals surface area contributed by atoms with E-state index in [0.29, 0.717) is 11.1 Å². The largest absolute Gasteiger partial charge is 0.381 e. The predicted molar refractivity (Wildman–Crippen MR) is 72.5 cm³/mol. The van der Waals surface area contributed by atoms with E-state index in [9.17, 15) is 0 Å². The van der Waals surface area contributed by atoms with Crippen LogP contribution in [-0.4, -0.2) is 11.0 Å². The Morgan fingerprint density at radius 1 is 1.24 bits per heavy atom. The fourth-order valence-electron chi connectivity index (χ4n) is 1.78. The van der Waals surface area contributed by atoms with E-state index < -0.39 is 0 Å². The van der Waals surface area contributed by atoms with Gasteiger partial charge in [-0.15, -0.1) is 0 Å². The molecule has 1 aromatic heterocycles. The molecule has 0 radical (unpaired) electrons. The van der Waals surface area contributed by atoms with Crippen molar-refractivity contribution in [2.24, 2.45) is 0 Å². The Labute approximate surface area is 107 Å². The quantitative estimate of drug-likeness (QED) is 0.888. The molecule has 17 heavy (non-hydrogen) atoms. The molecule has 0 bridgehead atoms. The van der Waals surface area contributed by atoms with Gasteiger partial charge in [0.15, 0.2) is 0 Å². The number of rotatable bonds is 4. The normalized spacial score (nSPS) is 12.1. The van der Waals surface area contributed by atoms with Crippen LogP contribution < -0.4 is 5.32 Å². The first-order chi connectivity index (χ1) is 8.25. The monoisotopic (exact) mass is 246 g/mol. The van der Waals surface area contributed by atoms with E-state index >= 15 is 0 Å². The Kier molecular flexibility index (Phi) is 3.99. The van der Waals surface area contributed by atoms with Crippen molar-refractivity contribution in [1.82, 2.24) is 4.98 Å². The van der Waals surface area contributed by atoms with Crippen LogP contribution in [0.2, 0.25) is 5.02 Å². The van der Waals surface area contributed by atoms with Gasteiger partial charge in [0, 0.05) is 18.4 Å². The predicted octanol–water partition coefficient (Wildman–Crippen LogP) is 3.78. The lowest BCUT2D eigenvalue weighted by atomic mass is 10.1. The first-order valence-corrected chi connectivity index (χ1v) is 6.03. The maximum absolute atomic E-state index is 6.05. The molecule has 0 spiro atoms. The van der Waals surface area contributed by atoms with Gasteiger partial charge in [0.1, 0.15) is 0 Å². The number of benzene rings is 1. The molecule has 1 unspecified atom stereocenters. The molecule has 1 aromatic carbocycles. The molecule has 1 N–H and O–H groups in total. The highest BCUT2D eigenvalue weighted by Gasteiger charge is 2.05. The second kappa shape index (κ2) is 5.69. The van der Waals surface area contributed by atoms with Gasteiger partial charge in [0.05, 0.1) is 10.7 Å². The van der Waals surface area contributed by atoms with Gasteiger partial charge in [-0.1, -0.05) is 41.9 Å². The van der Waals surface area contributed by atoms with Gasteiger partial charge in [-0.3, -0.25) is 4.98 Å². The lowest BCUT2D eigenvalue weighted by Crippen LogP contribution is -2.18. The van der Waals surface area contributed by atoms with Gasteiger partial charge in [0.2, 0.25) is 0 Å². The number of nitrogens with one attached hydrogen (secondary N) is 1. The molecule has 1 atom stereocenters. The number of halogens is 1. The highest BCUT2D eigenvalue weighted by molar-refractivity contribution is 6.33. The highest BCUT2D eigenvalue weighted by Crippen LogP contribution is 2.20. The molecule has 2 aromatic rings. The van der Waals surface area contributed by atoms with Crippen molar-refractivity contribution < 1.29 is 0 Å². The SMILES string of the molecule is CC(Cc1ccccc1)Nc1ccncc1Cl. The molecule has 88 valence electrons. The fourth-order valence-corrected chi connectivity index (χ4v) is 1.95. The van der Waals surface area contributed by atoms with Crippen molar-refractivity contribution in [2.45, 2.75) is 19.4 Å². The zero-order chi connectivity index (χ0) is 12.1. The van der Waals surface area contributed by atoms with E-state index in [1.165, 1.54) is 5.56 Å². The van der Waals surface area contributed by atoms with E-state index in [2.05, 4.69) is 41.5 Å². The summed E-state index contributed by atoms with van der Waals surface area (Å²) in [4.78, 5) is 3.96. The summed E-state index contributed by atoms with van der Waals surface area (Å²) in [5.41, 5.74) is 2.25. The first kappa shape index (κ1) is 11.9. The van der Waals surface area contributed by atoms with Crippen LogP contribution in [0, 0.1) is 0 Å². The Hall–Kier alpha value is -1.54. The molecular weight excluding hydrogens is 232 g/mol. The van der Waals surface area contributed by atoms with Gasteiger partial charge in [0.25, 0.3) is 0 Å². The highest BCUT2D eigenvalue weighted by atomic mass is 35.5. The maximum atomic E-state index is 6.05. The molecule has 0 saturated heterocycles. The Morgan fingerprint density at radius 2 is 2.00 bits per heavy atom.